The minimum atomic E-state index is -0.149. The second-order valence-electron chi connectivity index (χ2n) is 5.38. The number of ether oxygens (including phenoxy) is 2. The molecule has 1 saturated carbocycles. The third-order valence-electron chi connectivity index (χ3n) is 4.04. The topological polar surface area (TPSA) is 67.8 Å². The van der Waals surface area contributed by atoms with E-state index in [1.54, 1.807) is 19.2 Å². The summed E-state index contributed by atoms with van der Waals surface area (Å²) >= 11 is 0. The Kier molecular flexibility index (Phi) is 5.87. The molecular weight excluding hydrogens is 270 g/mol. The van der Waals surface area contributed by atoms with Gasteiger partial charge in [-0.25, -0.2) is 0 Å². The van der Waals surface area contributed by atoms with Gasteiger partial charge in [-0.1, -0.05) is 18.6 Å². The molecule has 1 fully saturated rings. The Labute approximate surface area is 125 Å². The van der Waals surface area contributed by atoms with Crippen LogP contribution in [0.2, 0.25) is 0 Å². The van der Waals surface area contributed by atoms with E-state index in [-0.39, 0.29) is 19.1 Å². The van der Waals surface area contributed by atoms with Crippen LogP contribution in [0.4, 0.5) is 0 Å². The van der Waals surface area contributed by atoms with Crippen molar-refractivity contribution in [2.24, 2.45) is 11.8 Å². The Balaban J connectivity index is 1.75. The van der Waals surface area contributed by atoms with E-state index < -0.39 is 0 Å². The molecule has 1 aliphatic carbocycles. The summed E-state index contributed by atoms with van der Waals surface area (Å²) in [4.78, 5) is 11.8. The molecule has 5 heteroatoms. The van der Waals surface area contributed by atoms with Crippen molar-refractivity contribution in [3.63, 3.8) is 0 Å². The number of hydrogen-bond donors (Lipinski definition) is 2. The van der Waals surface area contributed by atoms with Gasteiger partial charge in [0.2, 0.25) is 0 Å². The molecule has 2 rings (SSSR count). The van der Waals surface area contributed by atoms with Crippen LogP contribution in [0.25, 0.3) is 0 Å². The SMILES string of the molecule is COc1ccccc1OCC(=O)NCC1CCCC1CO. The summed E-state index contributed by atoms with van der Waals surface area (Å²) in [5, 5.41) is 12.1. The highest BCUT2D eigenvalue weighted by molar-refractivity contribution is 5.77. The highest BCUT2D eigenvalue weighted by Crippen LogP contribution is 2.30. The maximum Gasteiger partial charge on any atom is 0.257 e. The molecule has 0 spiro atoms. The lowest BCUT2D eigenvalue weighted by atomic mass is 9.97. The quantitative estimate of drug-likeness (QED) is 0.801. The van der Waals surface area contributed by atoms with Crippen LogP contribution in [-0.4, -0.2) is 37.9 Å². The lowest BCUT2D eigenvalue weighted by molar-refractivity contribution is -0.123. The second kappa shape index (κ2) is 7.88. The van der Waals surface area contributed by atoms with Crippen molar-refractivity contribution in [2.75, 3.05) is 26.9 Å². The molecule has 116 valence electrons. The summed E-state index contributed by atoms with van der Waals surface area (Å²) in [7, 11) is 1.57. The van der Waals surface area contributed by atoms with E-state index in [0.717, 1.165) is 19.3 Å². The zero-order valence-corrected chi connectivity index (χ0v) is 12.4. The largest absolute Gasteiger partial charge is 0.493 e. The van der Waals surface area contributed by atoms with Crippen molar-refractivity contribution in [1.82, 2.24) is 5.32 Å². The van der Waals surface area contributed by atoms with Crippen LogP contribution in [0.3, 0.4) is 0 Å². The van der Waals surface area contributed by atoms with E-state index in [1.807, 2.05) is 12.1 Å². The summed E-state index contributed by atoms with van der Waals surface area (Å²) in [6, 6.07) is 7.24. The van der Waals surface area contributed by atoms with Crippen LogP contribution in [0, 0.1) is 11.8 Å². The second-order valence-corrected chi connectivity index (χ2v) is 5.38. The summed E-state index contributed by atoms with van der Waals surface area (Å²) in [6.45, 7) is 0.786. The standard InChI is InChI=1S/C16H23NO4/c1-20-14-7-2-3-8-15(14)21-11-16(19)17-9-12-5-4-6-13(12)10-18/h2-3,7-8,12-13,18H,4-6,9-11H2,1H3,(H,17,19). The van der Waals surface area contributed by atoms with Gasteiger partial charge < -0.3 is 19.9 Å². The molecule has 2 unspecified atom stereocenters. The molecule has 2 atom stereocenters. The van der Waals surface area contributed by atoms with Gasteiger partial charge in [0.15, 0.2) is 18.1 Å². The van der Waals surface area contributed by atoms with Crippen molar-refractivity contribution in [1.29, 1.82) is 0 Å². The van der Waals surface area contributed by atoms with E-state index in [1.165, 1.54) is 0 Å². The number of hydrogen-bond acceptors (Lipinski definition) is 4. The van der Waals surface area contributed by atoms with Crippen molar-refractivity contribution in [3.05, 3.63) is 24.3 Å². The summed E-state index contributed by atoms with van der Waals surface area (Å²) in [6.07, 6.45) is 3.25. The Morgan fingerprint density at radius 3 is 2.71 bits per heavy atom. The number of carbonyl (C=O) groups excluding carboxylic acids is 1. The summed E-state index contributed by atoms with van der Waals surface area (Å²) in [5.41, 5.74) is 0. The summed E-state index contributed by atoms with van der Waals surface area (Å²) < 4.78 is 10.6. The van der Waals surface area contributed by atoms with Crippen LogP contribution in [-0.2, 0) is 4.79 Å². The molecule has 21 heavy (non-hydrogen) atoms. The molecule has 0 aromatic heterocycles. The van der Waals surface area contributed by atoms with Crippen LogP contribution >= 0.6 is 0 Å². The van der Waals surface area contributed by atoms with Crippen molar-refractivity contribution < 1.29 is 19.4 Å². The molecule has 1 aliphatic rings. The van der Waals surface area contributed by atoms with Crippen LogP contribution in [0.1, 0.15) is 19.3 Å². The van der Waals surface area contributed by atoms with Crippen molar-refractivity contribution in [3.8, 4) is 11.5 Å². The van der Waals surface area contributed by atoms with E-state index in [0.29, 0.717) is 29.9 Å². The first-order valence-electron chi connectivity index (χ1n) is 7.38. The molecule has 0 aliphatic heterocycles. The van der Waals surface area contributed by atoms with Gasteiger partial charge in [0, 0.05) is 13.2 Å². The number of para-hydroxylation sites is 2. The number of benzene rings is 1. The number of aliphatic hydroxyl groups excluding tert-OH is 1. The first-order chi connectivity index (χ1) is 10.2. The van der Waals surface area contributed by atoms with Gasteiger partial charge in [-0.05, 0) is 36.8 Å². The Morgan fingerprint density at radius 1 is 1.29 bits per heavy atom. The number of aliphatic hydroxyl groups is 1. The van der Waals surface area contributed by atoms with Gasteiger partial charge in [-0.3, -0.25) is 4.79 Å². The number of carbonyl (C=O) groups is 1. The third-order valence-corrected chi connectivity index (χ3v) is 4.04. The molecule has 0 radical (unpaired) electrons. The molecule has 0 bridgehead atoms. The maximum absolute atomic E-state index is 11.8. The van der Waals surface area contributed by atoms with Gasteiger partial charge in [0.25, 0.3) is 5.91 Å². The minimum Gasteiger partial charge on any atom is -0.493 e. The van der Waals surface area contributed by atoms with E-state index in [9.17, 15) is 9.90 Å². The molecule has 5 nitrogen and oxygen atoms in total. The van der Waals surface area contributed by atoms with Gasteiger partial charge in [0.05, 0.1) is 7.11 Å². The molecule has 0 heterocycles. The first kappa shape index (κ1) is 15.6. The molecule has 1 amide bonds. The Bertz CT molecular complexity index is 463. The summed E-state index contributed by atoms with van der Waals surface area (Å²) in [5.74, 6) is 1.72. The van der Waals surface area contributed by atoms with Crippen LogP contribution in [0.5, 0.6) is 11.5 Å². The fourth-order valence-corrected chi connectivity index (χ4v) is 2.80. The van der Waals surface area contributed by atoms with E-state index in [4.69, 9.17) is 9.47 Å². The number of amides is 1. The fourth-order valence-electron chi connectivity index (χ4n) is 2.80. The van der Waals surface area contributed by atoms with E-state index >= 15 is 0 Å². The predicted molar refractivity (Wildman–Crippen MR) is 79.4 cm³/mol. The molecule has 1 aromatic carbocycles. The number of rotatable bonds is 7. The Morgan fingerprint density at radius 2 is 2.00 bits per heavy atom. The number of methoxy groups -OCH3 is 1. The van der Waals surface area contributed by atoms with Gasteiger partial charge >= 0.3 is 0 Å². The van der Waals surface area contributed by atoms with E-state index in [2.05, 4.69) is 5.32 Å². The average Bonchev–Trinajstić information content (AvgIpc) is 2.98. The zero-order chi connectivity index (χ0) is 15.1. The highest BCUT2D eigenvalue weighted by atomic mass is 16.5. The van der Waals surface area contributed by atoms with Crippen LogP contribution < -0.4 is 14.8 Å². The Hall–Kier alpha value is -1.75. The smallest absolute Gasteiger partial charge is 0.257 e. The normalized spacial score (nSPS) is 21.0. The zero-order valence-electron chi connectivity index (χ0n) is 12.4. The third kappa shape index (κ3) is 4.36. The highest BCUT2D eigenvalue weighted by Gasteiger charge is 2.26. The van der Waals surface area contributed by atoms with Crippen molar-refractivity contribution in [2.45, 2.75) is 19.3 Å². The average molecular weight is 293 g/mol. The van der Waals surface area contributed by atoms with Gasteiger partial charge in [0.1, 0.15) is 0 Å². The minimum absolute atomic E-state index is 0.0309. The molecule has 0 saturated heterocycles. The number of nitrogens with one attached hydrogen (secondary N) is 1. The first-order valence-corrected chi connectivity index (χ1v) is 7.38. The predicted octanol–water partition coefficient (Wildman–Crippen LogP) is 1.60. The van der Waals surface area contributed by atoms with Gasteiger partial charge in [-0.15, -0.1) is 0 Å². The monoisotopic (exact) mass is 293 g/mol. The van der Waals surface area contributed by atoms with Gasteiger partial charge in [-0.2, -0.15) is 0 Å². The van der Waals surface area contributed by atoms with Crippen LogP contribution in [0.15, 0.2) is 24.3 Å². The molecule has 2 N–H and O–H groups in total. The lowest BCUT2D eigenvalue weighted by Gasteiger charge is -2.18. The lowest BCUT2D eigenvalue weighted by Crippen LogP contribution is -2.34. The van der Waals surface area contributed by atoms with Crippen molar-refractivity contribution >= 4 is 5.91 Å². The maximum atomic E-state index is 11.8. The molecule has 1 aromatic rings. The fraction of sp³-hybridized carbons (Fsp3) is 0.562. The molecular formula is C16H23NO4.